The van der Waals surface area contributed by atoms with Crippen molar-refractivity contribution < 1.29 is 0 Å². The molecule has 1 heterocycles. The average Bonchev–Trinajstić information content (AvgIpc) is 2.39. The van der Waals surface area contributed by atoms with Crippen LogP contribution in [-0.4, -0.2) is 4.57 Å². The summed E-state index contributed by atoms with van der Waals surface area (Å²) in [5.74, 6) is 0.642. The molecule has 0 aliphatic carbocycles. The first-order valence-corrected chi connectivity index (χ1v) is 5.76. The van der Waals surface area contributed by atoms with Crippen LogP contribution in [0.2, 0.25) is 0 Å². The summed E-state index contributed by atoms with van der Waals surface area (Å²) < 4.78 is 3.65. The average molecular weight is 244 g/mol. The Hall–Kier alpha value is -0.240. The van der Waals surface area contributed by atoms with Crippen LogP contribution in [0.5, 0.6) is 0 Å². The molecule has 0 radical (unpaired) electrons. The van der Waals surface area contributed by atoms with Crippen LogP contribution in [0.25, 0.3) is 0 Å². The lowest BCUT2D eigenvalue weighted by Crippen LogP contribution is -2.05. The van der Waals surface area contributed by atoms with E-state index < -0.39 is 0 Å². The van der Waals surface area contributed by atoms with E-state index in [4.69, 9.17) is 0 Å². The van der Waals surface area contributed by atoms with Crippen LogP contribution in [0.15, 0.2) is 10.5 Å². The highest BCUT2D eigenvalue weighted by Crippen LogP contribution is 2.30. The molecule has 74 valence electrons. The zero-order valence-corrected chi connectivity index (χ0v) is 10.5. The van der Waals surface area contributed by atoms with Crippen LogP contribution in [0, 0.1) is 6.92 Å². The maximum Gasteiger partial charge on any atom is 0.0390 e. The van der Waals surface area contributed by atoms with Crippen molar-refractivity contribution in [2.45, 2.75) is 46.6 Å². The first-order valence-electron chi connectivity index (χ1n) is 4.97. The van der Waals surface area contributed by atoms with Gasteiger partial charge in [0.25, 0.3) is 0 Å². The van der Waals surface area contributed by atoms with Crippen molar-refractivity contribution in [2.24, 2.45) is 0 Å². The second-order valence-corrected chi connectivity index (χ2v) is 4.43. The van der Waals surface area contributed by atoms with Crippen molar-refractivity contribution in [2.75, 3.05) is 0 Å². The molecule has 1 nitrogen and oxygen atoms in total. The SMILES string of the molecule is CCC(C)c1c(Br)cc(C)n1CC. The second-order valence-electron chi connectivity index (χ2n) is 3.57. The maximum atomic E-state index is 3.63. The third-order valence-electron chi connectivity index (χ3n) is 2.69. The van der Waals surface area contributed by atoms with Gasteiger partial charge in [-0.15, -0.1) is 0 Å². The molecular weight excluding hydrogens is 226 g/mol. The standard InChI is InChI=1S/C11H18BrN/c1-5-8(3)11-10(12)7-9(4)13(11)6-2/h7-8H,5-6H2,1-4H3. The number of aromatic nitrogens is 1. The summed E-state index contributed by atoms with van der Waals surface area (Å²) in [7, 11) is 0. The Morgan fingerprint density at radius 3 is 2.54 bits per heavy atom. The van der Waals surface area contributed by atoms with Crippen molar-refractivity contribution in [1.82, 2.24) is 4.57 Å². The van der Waals surface area contributed by atoms with Gasteiger partial charge >= 0.3 is 0 Å². The number of nitrogens with zero attached hydrogens (tertiary/aromatic N) is 1. The summed E-state index contributed by atoms with van der Waals surface area (Å²) in [6, 6.07) is 2.21. The summed E-state index contributed by atoms with van der Waals surface area (Å²) >= 11 is 3.63. The summed E-state index contributed by atoms with van der Waals surface area (Å²) in [5, 5.41) is 0. The third-order valence-corrected chi connectivity index (χ3v) is 3.33. The van der Waals surface area contributed by atoms with Crippen LogP contribution in [0.4, 0.5) is 0 Å². The molecule has 1 unspecified atom stereocenters. The second kappa shape index (κ2) is 4.32. The Morgan fingerprint density at radius 1 is 1.46 bits per heavy atom. The quantitative estimate of drug-likeness (QED) is 0.754. The van der Waals surface area contributed by atoms with Gasteiger partial charge in [-0.25, -0.2) is 0 Å². The third kappa shape index (κ3) is 1.98. The lowest BCUT2D eigenvalue weighted by molar-refractivity contribution is 0.615. The zero-order chi connectivity index (χ0) is 10.0. The number of rotatable bonds is 3. The van der Waals surface area contributed by atoms with Crippen LogP contribution in [0.1, 0.15) is 44.5 Å². The Morgan fingerprint density at radius 2 is 2.08 bits per heavy atom. The van der Waals surface area contributed by atoms with Gasteiger partial charge in [-0.3, -0.25) is 0 Å². The Bertz CT molecular complexity index is 289. The minimum atomic E-state index is 0.642. The van der Waals surface area contributed by atoms with E-state index in [1.807, 2.05) is 0 Å². The Labute approximate surface area is 89.3 Å². The minimum absolute atomic E-state index is 0.642. The molecule has 1 aromatic heterocycles. The van der Waals surface area contributed by atoms with Gasteiger partial charge in [-0.2, -0.15) is 0 Å². The lowest BCUT2D eigenvalue weighted by Gasteiger charge is -2.14. The summed E-state index contributed by atoms with van der Waals surface area (Å²) in [5.41, 5.74) is 2.80. The molecule has 0 N–H and O–H groups in total. The summed E-state index contributed by atoms with van der Waals surface area (Å²) in [4.78, 5) is 0. The van der Waals surface area contributed by atoms with Crippen molar-refractivity contribution >= 4 is 15.9 Å². The lowest BCUT2D eigenvalue weighted by atomic mass is 10.1. The van der Waals surface area contributed by atoms with E-state index in [0.717, 1.165) is 6.54 Å². The van der Waals surface area contributed by atoms with E-state index in [2.05, 4.69) is 54.3 Å². The van der Waals surface area contributed by atoms with E-state index in [9.17, 15) is 0 Å². The smallest absolute Gasteiger partial charge is 0.0390 e. The van der Waals surface area contributed by atoms with Gasteiger partial charge in [0.2, 0.25) is 0 Å². The molecule has 2 heteroatoms. The van der Waals surface area contributed by atoms with E-state index in [1.54, 1.807) is 0 Å². The van der Waals surface area contributed by atoms with Crippen molar-refractivity contribution in [1.29, 1.82) is 0 Å². The van der Waals surface area contributed by atoms with Crippen LogP contribution in [0.3, 0.4) is 0 Å². The molecule has 0 bridgehead atoms. The normalized spacial score (nSPS) is 13.3. The molecule has 13 heavy (non-hydrogen) atoms. The Balaban J connectivity index is 3.16. The van der Waals surface area contributed by atoms with Crippen molar-refractivity contribution in [3.63, 3.8) is 0 Å². The molecule has 0 aliphatic rings. The van der Waals surface area contributed by atoms with Crippen LogP contribution >= 0.6 is 15.9 Å². The minimum Gasteiger partial charge on any atom is -0.348 e. The molecule has 1 atom stereocenters. The molecule has 0 aliphatic heterocycles. The molecule has 0 amide bonds. The summed E-state index contributed by atoms with van der Waals surface area (Å²) in [6.45, 7) is 9.95. The molecule has 0 saturated carbocycles. The fourth-order valence-corrected chi connectivity index (χ4v) is 2.70. The monoisotopic (exact) mass is 243 g/mol. The topological polar surface area (TPSA) is 4.93 Å². The van der Waals surface area contributed by atoms with Gasteiger partial charge in [-0.05, 0) is 48.2 Å². The summed E-state index contributed by atoms with van der Waals surface area (Å²) in [6.07, 6.45) is 1.20. The number of hydrogen-bond donors (Lipinski definition) is 0. The maximum absolute atomic E-state index is 3.63. The zero-order valence-electron chi connectivity index (χ0n) is 8.89. The highest BCUT2D eigenvalue weighted by atomic mass is 79.9. The predicted octanol–water partition coefficient (Wildman–Crippen LogP) is 4.09. The Kier molecular flexibility index (Phi) is 3.60. The molecule has 1 aromatic rings. The molecule has 0 spiro atoms. The molecular formula is C11H18BrN. The number of halogens is 1. The first-order chi connectivity index (χ1) is 6.11. The first kappa shape index (κ1) is 10.8. The molecule has 0 fully saturated rings. The van der Waals surface area contributed by atoms with Gasteiger partial charge in [-0.1, -0.05) is 13.8 Å². The molecule has 0 aromatic carbocycles. The van der Waals surface area contributed by atoms with E-state index in [0.29, 0.717) is 5.92 Å². The van der Waals surface area contributed by atoms with Crippen molar-refractivity contribution in [3.05, 3.63) is 21.9 Å². The highest BCUT2D eigenvalue weighted by molar-refractivity contribution is 9.10. The predicted molar refractivity (Wildman–Crippen MR) is 61.2 cm³/mol. The van der Waals surface area contributed by atoms with Crippen molar-refractivity contribution in [3.8, 4) is 0 Å². The largest absolute Gasteiger partial charge is 0.348 e. The van der Waals surface area contributed by atoms with Gasteiger partial charge in [0.1, 0.15) is 0 Å². The highest BCUT2D eigenvalue weighted by Gasteiger charge is 2.14. The van der Waals surface area contributed by atoms with Gasteiger partial charge in [0, 0.05) is 22.4 Å². The molecule has 1 rings (SSSR count). The fraction of sp³-hybridized carbons (Fsp3) is 0.636. The number of aryl methyl sites for hydroxylation is 1. The van der Waals surface area contributed by atoms with Gasteiger partial charge in [0.05, 0.1) is 0 Å². The van der Waals surface area contributed by atoms with E-state index in [-0.39, 0.29) is 0 Å². The van der Waals surface area contributed by atoms with Crippen LogP contribution < -0.4 is 0 Å². The molecule has 0 saturated heterocycles. The van der Waals surface area contributed by atoms with E-state index >= 15 is 0 Å². The number of hydrogen-bond acceptors (Lipinski definition) is 0. The fourth-order valence-electron chi connectivity index (χ4n) is 1.77. The van der Waals surface area contributed by atoms with Gasteiger partial charge in [0.15, 0.2) is 0 Å². The van der Waals surface area contributed by atoms with Gasteiger partial charge < -0.3 is 4.57 Å². The van der Waals surface area contributed by atoms with Crippen LogP contribution in [-0.2, 0) is 6.54 Å². The van der Waals surface area contributed by atoms with E-state index in [1.165, 1.54) is 22.3 Å².